The third-order valence-electron chi connectivity index (χ3n) is 7.48. The topological polar surface area (TPSA) is 96.0 Å². The molecular weight excluding hydrogens is 641 g/mol. The van der Waals surface area contributed by atoms with Gasteiger partial charge < -0.3 is 15.0 Å². The number of unbranched alkanes of at least 4 members (excludes halogenated alkanes) is 1. The van der Waals surface area contributed by atoms with Crippen LogP contribution in [0.3, 0.4) is 0 Å². The van der Waals surface area contributed by atoms with Crippen LogP contribution in [0.5, 0.6) is 5.75 Å². The van der Waals surface area contributed by atoms with Crippen molar-refractivity contribution in [1.82, 2.24) is 10.2 Å². The van der Waals surface area contributed by atoms with Crippen molar-refractivity contribution in [3.63, 3.8) is 0 Å². The number of sulfonamides is 1. The minimum absolute atomic E-state index is 0.0596. The lowest BCUT2D eigenvalue weighted by atomic mass is 10.0. The molecule has 11 heteroatoms. The highest BCUT2D eigenvalue weighted by atomic mass is 35.5. The lowest BCUT2D eigenvalue weighted by molar-refractivity contribution is -0.140. The highest BCUT2D eigenvalue weighted by Crippen LogP contribution is 2.28. The van der Waals surface area contributed by atoms with Gasteiger partial charge in [-0.1, -0.05) is 67.4 Å². The van der Waals surface area contributed by atoms with Crippen molar-refractivity contribution in [2.24, 2.45) is 0 Å². The summed E-state index contributed by atoms with van der Waals surface area (Å²) in [5.41, 5.74) is 1.62. The zero-order valence-electron chi connectivity index (χ0n) is 26.4. The molecule has 1 atom stereocenters. The van der Waals surface area contributed by atoms with E-state index in [4.69, 9.17) is 16.3 Å². The standard InChI is InChI=1S/C36H39ClFN3O5S/c1-3-5-23-39-36(43)34(24-27-9-7-6-8-10-27)40(25-28-11-15-30(38)16-12-28)35(42)26-41(31-17-19-32(20-18-31)46-4-2)47(44,45)33-21-13-29(37)14-22-33/h6-22,34H,3-5,23-26H2,1-2H3,(H,39,43)/t34-/m0/s1. The van der Waals surface area contributed by atoms with Gasteiger partial charge in [0, 0.05) is 24.5 Å². The summed E-state index contributed by atoms with van der Waals surface area (Å²) in [5.74, 6) is -0.894. The maximum absolute atomic E-state index is 14.5. The predicted molar refractivity (Wildman–Crippen MR) is 182 cm³/mol. The number of amides is 2. The van der Waals surface area contributed by atoms with Crippen LogP contribution in [0, 0.1) is 5.82 Å². The van der Waals surface area contributed by atoms with Crippen molar-refractivity contribution in [2.45, 2.75) is 50.6 Å². The summed E-state index contributed by atoms with van der Waals surface area (Å²) >= 11 is 6.05. The molecule has 0 aliphatic heterocycles. The maximum atomic E-state index is 14.5. The SMILES string of the molecule is CCCCNC(=O)[C@H](Cc1ccccc1)N(Cc1ccc(F)cc1)C(=O)CN(c1ccc(OCC)cc1)S(=O)(=O)c1ccc(Cl)cc1. The molecule has 4 rings (SSSR count). The molecule has 0 aromatic heterocycles. The normalized spacial score (nSPS) is 11.8. The molecule has 8 nitrogen and oxygen atoms in total. The second-order valence-electron chi connectivity index (χ2n) is 10.9. The molecule has 4 aromatic rings. The summed E-state index contributed by atoms with van der Waals surface area (Å²) in [6.07, 6.45) is 1.79. The number of hydrogen-bond donors (Lipinski definition) is 1. The summed E-state index contributed by atoms with van der Waals surface area (Å²) in [5, 5.41) is 3.31. The van der Waals surface area contributed by atoms with Crippen LogP contribution in [-0.4, -0.2) is 50.9 Å². The first kappa shape index (κ1) is 35.4. The highest BCUT2D eigenvalue weighted by molar-refractivity contribution is 7.92. The Hall–Kier alpha value is -4.41. The molecule has 0 unspecified atom stereocenters. The van der Waals surface area contributed by atoms with Gasteiger partial charge in [0.05, 0.1) is 17.2 Å². The molecule has 0 spiro atoms. The first-order chi connectivity index (χ1) is 22.6. The molecule has 2 amide bonds. The largest absolute Gasteiger partial charge is 0.494 e. The Balaban J connectivity index is 1.78. The van der Waals surface area contributed by atoms with E-state index in [1.165, 1.54) is 41.3 Å². The van der Waals surface area contributed by atoms with E-state index in [1.54, 1.807) is 36.4 Å². The molecule has 0 saturated carbocycles. The monoisotopic (exact) mass is 679 g/mol. The molecule has 0 fully saturated rings. The number of anilines is 1. The summed E-state index contributed by atoms with van der Waals surface area (Å²) in [4.78, 5) is 29.6. The van der Waals surface area contributed by atoms with Crippen LogP contribution >= 0.6 is 11.6 Å². The third kappa shape index (κ3) is 9.79. The molecule has 47 heavy (non-hydrogen) atoms. The van der Waals surface area contributed by atoms with Crippen molar-refractivity contribution in [3.8, 4) is 5.75 Å². The van der Waals surface area contributed by atoms with Crippen LogP contribution < -0.4 is 14.4 Å². The van der Waals surface area contributed by atoms with E-state index >= 15 is 0 Å². The van der Waals surface area contributed by atoms with Gasteiger partial charge in [-0.2, -0.15) is 0 Å². The Labute approximate surface area is 281 Å². The number of halogens is 2. The molecule has 248 valence electrons. The number of hydrogen-bond acceptors (Lipinski definition) is 5. The van der Waals surface area contributed by atoms with E-state index < -0.39 is 34.3 Å². The quantitative estimate of drug-likeness (QED) is 0.134. The van der Waals surface area contributed by atoms with Crippen LogP contribution in [-0.2, 0) is 32.6 Å². The van der Waals surface area contributed by atoms with E-state index in [0.29, 0.717) is 29.5 Å². The van der Waals surface area contributed by atoms with Crippen molar-refractivity contribution in [2.75, 3.05) is 24.0 Å². The first-order valence-corrected chi connectivity index (χ1v) is 17.3. The van der Waals surface area contributed by atoms with Gasteiger partial charge in [-0.15, -0.1) is 0 Å². The number of carbonyl (C=O) groups is 2. The fourth-order valence-corrected chi connectivity index (χ4v) is 6.52. The van der Waals surface area contributed by atoms with Gasteiger partial charge in [0.15, 0.2) is 0 Å². The number of ether oxygens (including phenoxy) is 1. The summed E-state index contributed by atoms with van der Waals surface area (Å²) in [6.45, 7) is 4.01. The number of nitrogens with one attached hydrogen (secondary N) is 1. The average molecular weight is 680 g/mol. The van der Waals surface area contributed by atoms with Gasteiger partial charge in [-0.3, -0.25) is 13.9 Å². The molecule has 0 radical (unpaired) electrons. The Morgan fingerprint density at radius 1 is 0.872 bits per heavy atom. The average Bonchev–Trinajstić information content (AvgIpc) is 3.07. The smallest absolute Gasteiger partial charge is 0.264 e. The van der Waals surface area contributed by atoms with Crippen molar-refractivity contribution in [3.05, 3.63) is 125 Å². The van der Waals surface area contributed by atoms with Crippen LogP contribution in [0.1, 0.15) is 37.8 Å². The van der Waals surface area contributed by atoms with Crippen LogP contribution in [0.15, 0.2) is 108 Å². The molecule has 4 aromatic carbocycles. The van der Waals surface area contributed by atoms with Crippen molar-refractivity contribution >= 4 is 39.1 Å². The van der Waals surface area contributed by atoms with Crippen LogP contribution in [0.2, 0.25) is 5.02 Å². The zero-order valence-corrected chi connectivity index (χ0v) is 28.0. The van der Waals surface area contributed by atoms with Crippen molar-refractivity contribution < 1.29 is 27.1 Å². The van der Waals surface area contributed by atoms with Crippen molar-refractivity contribution in [1.29, 1.82) is 0 Å². The highest BCUT2D eigenvalue weighted by Gasteiger charge is 2.34. The minimum Gasteiger partial charge on any atom is -0.494 e. The van der Waals surface area contributed by atoms with Crippen LogP contribution in [0.25, 0.3) is 0 Å². The molecule has 1 N–H and O–H groups in total. The first-order valence-electron chi connectivity index (χ1n) is 15.5. The van der Waals surface area contributed by atoms with Gasteiger partial charge in [-0.25, -0.2) is 12.8 Å². The van der Waals surface area contributed by atoms with E-state index in [2.05, 4.69) is 5.32 Å². The second-order valence-corrected chi connectivity index (χ2v) is 13.2. The zero-order chi connectivity index (χ0) is 33.8. The lowest BCUT2D eigenvalue weighted by Crippen LogP contribution is -2.53. The summed E-state index contributed by atoms with van der Waals surface area (Å²) < 4.78 is 48.7. The molecular formula is C36H39ClFN3O5S. The third-order valence-corrected chi connectivity index (χ3v) is 9.52. The Bertz CT molecular complexity index is 1700. The van der Waals surface area contributed by atoms with Gasteiger partial charge in [-0.05, 0) is 85.1 Å². The van der Waals surface area contributed by atoms with Crippen LogP contribution in [0.4, 0.5) is 10.1 Å². The Morgan fingerprint density at radius 2 is 1.53 bits per heavy atom. The lowest BCUT2D eigenvalue weighted by Gasteiger charge is -2.34. The minimum atomic E-state index is -4.29. The van der Waals surface area contributed by atoms with Gasteiger partial charge in [0.25, 0.3) is 10.0 Å². The fraction of sp³-hybridized carbons (Fsp3) is 0.278. The molecule has 0 aliphatic carbocycles. The predicted octanol–water partition coefficient (Wildman–Crippen LogP) is 6.63. The Morgan fingerprint density at radius 3 is 2.15 bits per heavy atom. The van der Waals surface area contributed by atoms with E-state index in [-0.39, 0.29) is 29.5 Å². The number of nitrogens with zero attached hydrogens (tertiary/aromatic N) is 2. The molecule has 0 bridgehead atoms. The van der Waals surface area contributed by atoms with Gasteiger partial charge in [0.1, 0.15) is 24.2 Å². The number of benzene rings is 4. The number of carbonyl (C=O) groups excluding carboxylic acids is 2. The maximum Gasteiger partial charge on any atom is 0.264 e. The molecule has 0 saturated heterocycles. The van der Waals surface area contributed by atoms with Gasteiger partial charge in [0.2, 0.25) is 11.8 Å². The summed E-state index contributed by atoms with van der Waals surface area (Å²) in [6, 6.07) is 26.0. The Kier molecular flexibility index (Phi) is 12.8. The fourth-order valence-electron chi connectivity index (χ4n) is 4.98. The summed E-state index contributed by atoms with van der Waals surface area (Å²) in [7, 11) is -4.29. The van der Waals surface area contributed by atoms with E-state index in [9.17, 15) is 22.4 Å². The van der Waals surface area contributed by atoms with E-state index in [1.807, 2.05) is 44.2 Å². The molecule has 0 heterocycles. The number of rotatable bonds is 16. The second kappa shape index (κ2) is 16.9. The van der Waals surface area contributed by atoms with E-state index in [0.717, 1.165) is 22.7 Å². The molecule has 0 aliphatic rings. The van der Waals surface area contributed by atoms with Gasteiger partial charge >= 0.3 is 0 Å².